The molecule has 1 aromatic heterocycles. The van der Waals surface area contributed by atoms with Crippen molar-refractivity contribution >= 4 is 5.91 Å². The molecule has 0 saturated heterocycles. The molecule has 0 spiro atoms. The first-order chi connectivity index (χ1) is 13.8. The number of amides is 1. The predicted molar refractivity (Wildman–Crippen MR) is 100 cm³/mol. The van der Waals surface area contributed by atoms with Crippen molar-refractivity contribution in [2.45, 2.75) is 6.18 Å². The Balaban J connectivity index is 2.07. The number of methoxy groups -OCH3 is 2. The van der Waals surface area contributed by atoms with E-state index >= 15 is 0 Å². The molecule has 9 heteroatoms. The number of ether oxygens (including phenoxy) is 2. The molecule has 152 valence electrons. The number of alkyl halides is 3. The number of nitrogens with zero attached hydrogens (tertiary/aromatic N) is 2. The number of para-hydroxylation sites is 1. The summed E-state index contributed by atoms with van der Waals surface area (Å²) in [5.41, 5.74) is 1.37. The number of rotatable bonds is 6. The number of benzene rings is 2. The Hall–Kier alpha value is -3.49. The van der Waals surface area contributed by atoms with Crippen LogP contribution in [0.3, 0.4) is 0 Å². The maximum absolute atomic E-state index is 12.5. The highest BCUT2D eigenvalue weighted by molar-refractivity contribution is 6.00. The van der Waals surface area contributed by atoms with Crippen molar-refractivity contribution in [1.29, 1.82) is 0 Å². The fourth-order valence-electron chi connectivity index (χ4n) is 2.73. The van der Waals surface area contributed by atoms with E-state index in [4.69, 9.17) is 9.47 Å². The molecular weight excluding hydrogens is 387 g/mol. The molecule has 2 aromatic carbocycles. The second-order valence-electron chi connectivity index (χ2n) is 6.04. The van der Waals surface area contributed by atoms with E-state index < -0.39 is 18.6 Å². The van der Waals surface area contributed by atoms with Gasteiger partial charge >= 0.3 is 6.18 Å². The number of halogens is 3. The summed E-state index contributed by atoms with van der Waals surface area (Å²) >= 11 is 0. The Morgan fingerprint density at radius 2 is 1.76 bits per heavy atom. The topological polar surface area (TPSA) is 65.4 Å². The summed E-state index contributed by atoms with van der Waals surface area (Å²) in [5.74, 6) is -0.00276. The highest BCUT2D eigenvalue weighted by atomic mass is 19.4. The SMILES string of the molecule is COc1ccc(-c2nn(-c3ccccc3)cc2C(=O)NCC(F)(F)F)cc1OC. The van der Waals surface area contributed by atoms with Crippen LogP contribution in [0.1, 0.15) is 10.4 Å². The van der Waals surface area contributed by atoms with Gasteiger partial charge in [-0.3, -0.25) is 4.79 Å². The van der Waals surface area contributed by atoms with E-state index in [1.807, 2.05) is 11.4 Å². The van der Waals surface area contributed by atoms with Crippen LogP contribution in [0.25, 0.3) is 16.9 Å². The number of nitrogens with one attached hydrogen (secondary N) is 1. The third-order valence-corrected chi connectivity index (χ3v) is 4.09. The summed E-state index contributed by atoms with van der Waals surface area (Å²) in [5, 5.41) is 6.32. The van der Waals surface area contributed by atoms with Crippen LogP contribution in [0, 0.1) is 0 Å². The maximum Gasteiger partial charge on any atom is 0.405 e. The number of aromatic nitrogens is 2. The van der Waals surface area contributed by atoms with Gasteiger partial charge in [-0.25, -0.2) is 4.68 Å². The third kappa shape index (κ3) is 4.68. The van der Waals surface area contributed by atoms with Crippen LogP contribution in [0.15, 0.2) is 54.7 Å². The van der Waals surface area contributed by atoms with Gasteiger partial charge in [-0.05, 0) is 30.3 Å². The van der Waals surface area contributed by atoms with E-state index in [0.29, 0.717) is 22.7 Å². The van der Waals surface area contributed by atoms with Crippen LogP contribution in [0.2, 0.25) is 0 Å². The van der Waals surface area contributed by atoms with Gasteiger partial charge in [-0.2, -0.15) is 18.3 Å². The summed E-state index contributed by atoms with van der Waals surface area (Å²) < 4.78 is 49.5. The van der Waals surface area contributed by atoms with Gasteiger partial charge in [0.25, 0.3) is 5.91 Å². The van der Waals surface area contributed by atoms with E-state index in [2.05, 4.69) is 5.10 Å². The summed E-state index contributed by atoms with van der Waals surface area (Å²) in [6.07, 6.45) is -3.12. The lowest BCUT2D eigenvalue weighted by Gasteiger charge is -2.10. The number of carbonyl (C=O) groups is 1. The smallest absolute Gasteiger partial charge is 0.405 e. The number of hydrogen-bond acceptors (Lipinski definition) is 4. The summed E-state index contributed by atoms with van der Waals surface area (Å²) in [4.78, 5) is 12.5. The van der Waals surface area contributed by atoms with Crippen LogP contribution >= 0.6 is 0 Å². The minimum atomic E-state index is -4.52. The molecule has 0 atom stereocenters. The molecule has 1 N–H and O–H groups in total. The van der Waals surface area contributed by atoms with E-state index in [9.17, 15) is 18.0 Å². The monoisotopic (exact) mass is 405 g/mol. The van der Waals surface area contributed by atoms with Crippen molar-refractivity contribution in [3.05, 3.63) is 60.3 Å². The van der Waals surface area contributed by atoms with Crippen molar-refractivity contribution in [2.75, 3.05) is 20.8 Å². The molecule has 0 radical (unpaired) electrons. The molecule has 0 aliphatic carbocycles. The molecule has 29 heavy (non-hydrogen) atoms. The van der Waals surface area contributed by atoms with Gasteiger partial charge in [0.2, 0.25) is 0 Å². The van der Waals surface area contributed by atoms with Crippen molar-refractivity contribution in [3.8, 4) is 28.4 Å². The fourth-order valence-corrected chi connectivity index (χ4v) is 2.73. The lowest BCUT2D eigenvalue weighted by Crippen LogP contribution is -2.33. The molecule has 1 amide bonds. The van der Waals surface area contributed by atoms with Gasteiger partial charge in [-0.15, -0.1) is 0 Å². The highest BCUT2D eigenvalue weighted by Crippen LogP contribution is 2.33. The molecule has 6 nitrogen and oxygen atoms in total. The average molecular weight is 405 g/mol. The van der Waals surface area contributed by atoms with Gasteiger partial charge < -0.3 is 14.8 Å². The maximum atomic E-state index is 12.5. The molecule has 3 rings (SSSR count). The Kier molecular flexibility index (Phi) is 5.76. The zero-order valence-corrected chi connectivity index (χ0v) is 15.7. The first-order valence-electron chi connectivity index (χ1n) is 8.55. The molecule has 0 aliphatic heterocycles. The Labute approximate surface area is 164 Å². The summed E-state index contributed by atoms with van der Waals surface area (Å²) in [7, 11) is 2.94. The lowest BCUT2D eigenvalue weighted by molar-refractivity contribution is -0.123. The number of hydrogen-bond donors (Lipinski definition) is 1. The van der Waals surface area contributed by atoms with Crippen LogP contribution in [0.5, 0.6) is 11.5 Å². The number of carbonyl (C=O) groups excluding carboxylic acids is 1. The summed E-state index contributed by atoms with van der Waals surface area (Å²) in [6.45, 7) is -1.44. The molecule has 0 unspecified atom stereocenters. The molecule has 3 aromatic rings. The first kappa shape index (κ1) is 20.2. The second-order valence-corrected chi connectivity index (χ2v) is 6.04. The molecule has 0 aliphatic rings. The van der Waals surface area contributed by atoms with Gasteiger partial charge in [0.1, 0.15) is 12.2 Å². The van der Waals surface area contributed by atoms with E-state index in [1.54, 1.807) is 42.5 Å². The van der Waals surface area contributed by atoms with Crippen LogP contribution in [-0.2, 0) is 0 Å². The summed E-state index contributed by atoms with van der Waals surface area (Å²) in [6, 6.07) is 13.8. The Bertz CT molecular complexity index is 1000. The van der Waals surface area contributed by atoms with Crippen LogP contribution in [0.4, 0.5) is 13.2 Å². The van der Waals surface area contributed by atoms with Gasteiger partial charge in [-0.1, -0.05) is 18.2 Å². The van der Waals surface area contributed by atoms with E-state index in [0.717, 1.165) is 0 Å². The van der Waals surface area contributed by atoms with Crippen LogP contribution in [-0.4, -0.2) is 42.6 Å². The highest BCUT2D eigenvalue weighted by Gasteiger charge is 2.29. The lowest BCUT2D eigenvalue weighted by atomic mass is 10.1. The molecular formula is C20H18F3N3O3. The van der Waals surface area contributed by atoms with Crippen molar-refractivity contribution in [2.24, 2.45) is 0 Å². The minimum absolute atomic E-state index is 0.00493. The molecule has 1 heterocycles. The van der Waals surface area contributed by atoms with Crippen molar-refractivity contribution < 1.29 is 27.4 Å². The largest absolute Gasteiger partial charge is 0.493 e. The first-order valence-corrected chi connectivity index (χ1v) is 8.55. The predicted octanol–water partition coefficient (Wildman–Crippen LogP) is 3.85. The van der Waals surface area contributed by atoms with E-state index in [-0.39, 0.29) is 11.3 Å². The zero-order valence-electron chi connectivity index (χ0n) is 15.7. The Morgan fingerprint density at radius 1 is 1.07 bits per heavy atom. The normalized spacial score (nSPS) is 11.2. The van der Waals surface area contributed by atoms with Gasteiger partial charge in [0.15, 0.2) is 11.5 Å². The average Bonchev–Trinajstić information content (AvgIpc) is 3.17. The minimum Gasteiger partial charge on any atom is -0.493 e. The van der Waals surface area contributed by atoms with Gasteiger partial charge in [0.05, 0.1) is 25.5 Å². The zero-order chi connectivity index (χ0) is 21.0. The van der Waals surface area contributed by atoms with Crippen molar-refractivity contribution in [3.63, 3.8) is 0 Å². The van der Waals surface area contributed by atoms with Crippen molar-refractivity contribution in [1.82, 2.24) is 15.1 Å². The molecule has 0 bridgehead atoms. The van der Waals surface area contributed by atoms with Gasteiger partial charge in [0, 0.05) is 11.8 Å². The standard InChI is InChI=1S/C20H18F3N3O3/c1-28-16-9-8-13(10-17(16)29-2)18-15(19(27)24-12-20(21,22)23)11-26(25-18)14-6-4-3-5-7-14/h3-11H,12H2,1-2H3,(H,24,27). The quantitative estimate of drug-likeness (QED) is 0.677. The molecule has 0 fully saturated rings. The Morgan fingerprint density at radius 3 is 2.38 bits per heavy atom. The fraction of sp³-hybridized carbons (Fsp3) is 0.200. The molecule has 0 saturated carbocycles. The second kappa shape index (κ2) is 8.26. The van der Waals surface area contributed by atoms with E-state index in [1.165, 1.54) is 25.1 Å². The van der Waals surface area contributed by atoms with Crippen LogP contribution < -0.4 is 14.8 Å². The third-order valence-electron chi connectivity index (χ3n) is 4.09.